The lowest BCUT2D eigenvalue weighted by atomic mass is 10.0. The van der Waals surface area contributed by atoms with Crippen LogP contribution < -0.4 is 5.73 Å². The number of esters is 1. The fourth-order valence-corrected chi connectivity index (χ4v) is 6.56. The van der Waals surface area contributed by atoms with Crippen LogP contribution >= 0.6 is 7.82 Å². The molecule has 0 amide bonds. The third-order valence-corrected chi connectivity index (χ3v) is 9.86. The summed E-state index contributed by atoms with van der Waals surface area (Å²) >= 11 is 0. The first-order valence-corrected chi connectivity index (χ1v) is 22.3. The molecule has 1 unspecified atom stereocenters. The molecule has 296 valence electrons. The number of hydrogen-bond acceptors (Lipinski definition) is 7. The van der Waals surface area contributed by atoms with Gasteiger partial charge in [0.05, 0.1) is 19.8 Å². The minimum Gasteiger partial charge on any atom is -0.457 e. The van der Waals surface area contributed by atoms with Gasteiger partial charge in [-0.3, -0.25) is 13.8 Å². The van der Waals surface area contributed by atoms with Crippen molar-refractivity contribution in [2.75, 3.05) is 33.0 Å². The largest absolute Gasteiger partial charge is 0.472 e. The SMILES string of the molecule is CCCCC/C=C\C/C=C\CCCCCCCC(=O)O[C@H](COCCCCCCCCCCCCCCCCCC)COP(=O)(O)OCCN. The van der Waals surface area contributed by atoms with E-state index >= 15 is 0 Å². The molecule has 0 heterocycles. The summed E-state index contributed by atoms with van der Waals surface area (Å²) < 4.78 is 33.4. The lowest BCUT2D eigenvalue weighted by Gasteiger charge is -2.20. The van der Waals surface area contributed by atoms with E-state index in [4.69, 9.17) is 24.3 Å². The number of nitrogens with two attached hydrogens (primary N) is 1. The van der Waals surface area contributed by atoms with Crippen molar-refractivity contribution in [3.05, 3.63) is 24.3 Å². The highest BCUT2D eigenvalue weighted by atomic mass is 31.2. The summed E-state index contributed by atoms with van der Waals surface area (Å²) in [6.45, 7) is 4.90. The lowest BCUT2D eigenvalue weighted by molar-refractivity contribution is -0.154. The van der Waals surface area contributed by atoms with Gasteiger partial charge in [0.1, 0.15) is 6.10 Å². The number of carbonyl (C=O) groups excluding carboxylic acids is 1. The van der Waals surface area contributed by atoms with E-state index in [0.717, 1.165) is 57.8 Å². The Kier molecular flexibility index (Phi) is 38.4. The number of carbonyl (C=O) groups is 1. The molecule has 0 aliphatic rings. The maximum atomic E-state index is 12.5. The average Bonchev–Trinajstić information content (AvgIpc) is 3.10. The highest BCUT2D eigenvalue weighted by Crippen LogP contribution is 2.43. The number of phosphoric ester groups is 1. The summed E-state index contributed by atoms with van der Waals surface area (Å²) in [4.78, 5) is 22.4. The Morgan fingerprint density at radius 3 is 1.60 bits per heavy atom. The van der Waals surface area contributed by atoms with Gasteiger partial charge < -0.3 is 20.1 Å². The maximum absolute atomic E-state index is 12.5. The average molecular weight is 730 g/mol. The Morgan fingerprint density at radius 1 is 0.600 bits per heavy atom. The molecule has 0 spiro atoms. The zero-order chi connectivity index (χ0) is 36.6. The number of ether oxygens (including phenoxy) is 2. The molecule has 0 aromatic carbocycles. The molecular weight excluding hydrogens is 649 g/mol. The van der Waals surface area contributed by atoms with Gasteiger partial charge in [0, 0.05) is 19.6 Å². The third-order valence-electron chi connectivity index (χ3n) is 8.87. The van der Waals surface area contributed by atoms with E-state index < -0.39 is 13.9 Å². The van der Waals surface area contributed by atoms with Gasteiger partial charge in [-0.05, 0) is 44.9 Å². The van der Waals surface area contributed by atoms with Crippen molar-refractivity contribution in [1.29, 1.82) is 0 Å². The van der Waals surface area contributed by atoms with E-state index in [-0.39, 0.29) is 32.3 Å². The monoisotopic (exact) mass is 730 g/mol. The number of rotatable bonds is 40. The number of unbranched alkanes of at least 4 members (excludes halogenated alkanes) is 23. The Balaban J connectivity index is 4.05. The molecular formula is C41H80NO7P. The molecule has 0 rings (SSSR count). The first-order chi connectivity index (χ1) is 24.4. The summed E-state index contributed by atoms with van der Waals surface area (Å²) in [6, 6.07) is 0. The van der Waals surface area contributed by atoms with Gasteiger partial charge in [-0.1, -0.05) is 167 Å². The normalized spacial score (nSPS) is 13.8. The fraction of sp³-hybridized carbons (Fsp3) is 0.878. The summed E-state index contributed by atoms with van der Waals surface area (Å²) in [5, 5.41) is 0. The number of allylic oxidation sites excluding steroid dienone is 4. The number of hydrogen-bond donors (Lipinski definition) is 2. The van der Waals surface area contributed by atoms with E-state index in [1.807, 2.05) is 0 Å². The second-order valence-electron chi connectivity index (χ2n) is 13.9. The van der Waals surface area contributed by atoms with Crippen molar-refractivity contribution in [2.24, 2.45) is 5.73 Å². The molecule has 0 radical (unpaired) electrons. The molecule has 0 aliphatic carbocycles. The van der Waals surface area contributed by atoms with Gasteiger partial charge in [-0.2, -0.15) is 0 Å². The molecule has 0 bridgehead atoms. The zero-order valence-electron chi connectivity index (χ0n) is 32.6. The molecule has 0 saturated heterocycles. The van der Waals surface area contributed by atoms with Crippen LogP contribution in [0.3, 0.4) is 0 Å². The Labute approximate surface area is 308 Å². The minimum atomic E-state index is -4.27. The predicted octanol–water partition coefficient (Wildman–Crippen LogP) is 12.1. The van der Waals surface area contributed by atoms with Gasteiger partial charge in [0.25, 0.3) is 0 Å². The van der Waals surface area contributed by atoms with Crippen LogP contribution in [0.25, 0.3) is 0 Å². The summed E-state index contributed by atoms with van der Waals surface area (Å²) in [5.74, 6) is -0.342. The highest BCUT2D eigenvalue weighted by Gasteiger charge is 2.25. The van der Waals surface area contributed by atoms with Crippen LogP contribution in [0.5, 0.6) is 0 Å². The number of phosphoric acid groups is 1. The van der Waals surface area contributed by atoms with Gasteiger partial charge in [0.15, 0.2) is 0 Å². The Morgan fingerprint density at radius 2 is 1.06 bits per heavy atom. The topological polar surface area (TPSA) is 117 Å². The van der Waals surface area contributed by atoms with E-state index in [0.29, 0.717) is 13.0 Å². The second kappa shape index (κ2) is 39.2. The first-order valence-electron chi connectivity index (χ1n) is 20.8. The maximum Gasteiger partial charge on any atom is 0.472 e. The molecule has 0 saturated carbocycles. The van der Waals surface area contributed by atoms with Crippen LogP contribution in [0.4, 0.5) is 0 Å². The molecule has 0 aromatic heterocycles. The Bertz CT molecular complexity index is 823. The minimum absolute atomic E-state index is 0.0964. The van der Waals surface area contributed by atoms with Crippen molar-refractivity contribution in [1.82, 2.24) is 0 Å². The van der Waals surface area contributed by atoms with Crippen molar-refractivity contribution in [3.63, 3.8) is 0 Å². The van der Waals surface area contributed by atoms with Crippen molar-refractivity contribution in [2.45, 2.75) is 200 Å². The van der Waals surface area contributed by atoms with E-state index in [9.17, 15) is 14.3 Å². The molecule has 3 N–H and O–H groups in total. The lowest BCUT2D eigenvalue weighted by Crippen LogP contribution is -2.28. The zero-order valence-corrected chi connectivity index (χ0v) is 33.5. The molecule has 0 aromatic rings. The summed E-state index contributed by atoms with van der Waals surface area (Å²) in [7, 11) is -4.27. The van der Waals surface area contributed by atoms with Crippen LogP contribution in [0.2, 0.25) is 0 Å². The third kappa shape index (κ3) is 38.2. The second-order valence-corrected chi connectivity index (χ2v) is 15.3. The summed E-state index contributed by atoms with van der Waals surface area (Å²) in [6.07, 6.45) is 41.9. The quantitative estimate of drug-likeness (QED) is 0.0277. The predicted molar refractivity (Wildman–Crippen MR) is 210 cm³/mol. The molecule has 9 heteroatoms. The van der Waals surface area contributed by atoms with Gasteiger partial charge in [-0.15, -0.1) is 0 Å². The first kappa shape index (κ1) is 49.0. The van der Waals surface area contributed by atoms with E-state index in [2.05, 4.69) is 38.2 Å². The highest BCUT2D eigenvalue weighted by molar-refractivity contribution is 7.47. The Hall–Kier alpha value is -1.02. The van der Waals surface area contributed by atoms with Crippen LogP contribution in [0.1, 0.15) is 194 Å². The van der Waals surface area contributed by atoms with Gasteiger partial charge in [-0.25, -0.2) is 4.57 Å². The molecule has 0 fully saturated rings. The fourth-order valence-electron chi connectivity index (χ4n) is 5.79. The van der Waals surface area contributed by atoms with Crippen LogP contribution in [0, 0.1) is 0 Å². The van der Waals surface area contributed by atoms with Crippen molar-refractivity contribution >= 4 is 13.8 Å². The van der Waals surface area contributed by atoms with E-state index in [1.165, 1.54) is 116 Å². The van der Waals surface area contributed by atoms with Crippen LogP contribution in [0.15, 0.2) is 24.3 Å². The molecule has 50 heavy (non-hydrogen) atoms. The van der Waals surface area contributed by atoms with Crippen LogP contribution in [-0.4, -0.2) is 49.9 Å². The molecule has 8 nitrogen and oxygen atoms in total. The molecule has 0 aliphatic heterocycles. The van der Waals surface area contributed by atoms with Gasteiger partial charge >= 0.3 is 13.8 Å². The van der Waals surface area contributed by atoms with Gasteiger partial charge in [0.2, 0.25) is 0 Å². The smallest absolute Gasteiger partial charge is 0.457 e. The van der Waals surface area contributed by atoms with E-state index in [1.54, 1.807) is 0 Å². The van der Waals surface area contributed by atoms with Crippen LogP contribution in [-0.2, 0) is 27.9 Å². The standard InChI is InChI=1S/C41H80NO7P/c1-3-5-7-9-11-13-15-17-19-21-23-25-27-29-31-33-36-46-38-40(39-48-50(44,45)47-37-35-42)49-41(43)34-32-30-28-26-24-22-20-18-16-14-12-10-8-6-4-2/h12,14,18,20,40H,3-11,13,15-17,19,21-39,42H2,1-2H3,(H,44,45)/b14-12-,20-18-/t40-/m1/s1. The molecule has 2 atom stereocenters. The van der Waals surface area contributed by atoms with Crippen molar-refractivity contribution < 1.29 is 32.8 Å². The summed E-state index contributed by atoms with van der Waals surface area (Å²) in [5.41, 5.74) is 5.36. The van der Waals surface area contributed by atoms with Crippen molar-refractivity contribution in [3.8, 4) is 0 Å².